The van der Waals surface area contributed by atoms with Gasteiger partial charge in [-0.15, -0.1) is 6.42 Å². The number of phenolic OH excluding ortho intramolecular Hbond substituents is 1. The van der Waals surface area contributed by atoms with E-state index < -0.39 is 23.3 Å². The zero-order chi connectivity index (χ0) is 36.8. The lowest BCUT2D eigenvalue weighted by Gasteiger charge is -2.42. The Morgan fingerprint density at radius 1 is 1.07 bits per heavy atom. The van der Waals surface area contributed by atoms with Crippen molar-refractivity contribution in [2.24, 2.45) is 18.4 Å². The van der Waals surface area contributed by atoms with Crippen LogP contribution in [0.25, 0.3) is 43.7 Å². The molecule has 1 amide bonds. The highest BCUT2D eigenvalue weighted by molar-refractivity contribution is 6.18. The number of piperazine rings is 1. The van der Waals surface area contributed by atoms with Gasteiger partial charge in [0.1, 0.15) is 41.2 Å². The van der Waals surface area contributed by atoms with Crippen molar-refractivity contribution in [1.82, 2.24) is 29.5 Å². The summed E-state index contributed by atoms with van der Waals surface area (Å²) in [7, 11) is 1.73. The smallest absolute Gasteiger partial charge is 0.319 e. The Balaban J connectivity index is 1.11. The van der Waals surface area contributed by atoms with Gasteiger partial charge in [-0.05, 0) is 80.1 Å². The third kappa shape index (κ3) is 4.46. The molecule has 5 aromatic rings. The van der Waals surface area contributed by atoms with E-state index in [-0.39, 0.29) is 74.9 Å². The number of benzene rings is 3. The van der Waals surface area contributed by atoms with E-state index in [1.54, 1.807) is 17.9 Å². The number of nitrogens with zero attached hydrogens (tertiary/aromatic N) is 7. The third-order valence-electron chi connectivity index (χ3n) is 13.5. The molecule has 10 nitrogen and oxygen atoms in total. The predicted octanol–water partition coefficient (Wildman–Crippen LogP) is 5.85. The molecule has 276 valence electrons. The van der Waals surface area contributed by atoms with Crippen LogP contribution in [0.5, 0.6) is 11.8 Å². The summed E-state index contributed by atoms with van der Waals surface area (Å²) >= 11 is 0. The predicted molar refractivity (Wildman–Crippen MR) is 196 cm³/mol. The van der Waals surface area contributed by atoms with Gasteiger partial charge in [0.05, 0.1) is 21.9 Å². The molecule has 0 radical (unpaired) electrons. The molecule has 6 fully saturated rings. The zero-order valence-corrected chi connectivity index (χ0v) is 29.8. The van der Waals surface area contributed by atoms with E-state index in [9.17, 15) is 14.3 Å². The van der Waals surface area contributed by atoms with E-state index in [1.807, 2.05) is 0 Å². The molecule has 6 heterocycles. The number of anilines is 1. The Morgan fingerprint density at radius 2 is 1.85 bits per heavy atom. The Labute approximate surface area is 308 Å². The number of aryl methyl sites for hydroxylation is 1. The molecule has 0 spiro atoms. The van der Waals surface area contributed by atoms with Crippen LogP contribution >= 0.6 is 0 Å². The van der Waals surface area contributed by atoms with Crippen LogP contribution in [0.3, 0.4) is 0 Å². The molecule has 6 aliphatic rings. The van der Waals surface area contributed by atoms with Gasteiger partial charge in [0, 0.05) is 67.7 Å². The number of aromatic nitrogens is 4. The second-order valence-corrected chi connectivity index (χ2v) is 16.6. The fourth-order valence-corrected chi connectivity index (χ4v) is 10.6. The molecule has 13 heteroatoms. The highest BCUT2D eigenvalue weighted by Gasteiger charge is 2.76. The summed E-state index contributed by atoms with van der Waals surface area (Å²) in [5, 5.41) is 17.3. The number of hydrogen-bond acceptors (Lipinski definition) is 8. The van der Waals surface area contributed by atoms with E-state index in [2.05, 4.69) is 20.6 Å². The summed E-state index contributed by atoms with van der Waals surface area (Å²) in [5.74, 6) is 2.18. The summed E-state index contributed by atoms with van der Waals surface area (Å²) < 4.78 is 55.7. The maximum atomic E-state index is 17.7. The number of halogens is 3. The van der Waals surface area contributed by atoms with Crippen molar-refractivity contribution in [2.45, 2.75) is 68.7 Å². The van der Waals surface area contributed by atoms with Crippen LogP contribution in [0.1, 0.15) is 50.5 Å². The number of aromatic hydroxyl groups is 1. The quantitative estimate of drug-likeness (QED) is 0.217. The van der Waals surface area contributed by atoms with Crippen molar-refractivity contribution in [3.05, 3.63) is 47.7 Å². The van der Waals surface area contributed by atoms with Crippen LogP contribution in [-0.2, 0) is 11.8 Å². The highest BCUT2D eigenvalue weighted by atomic mass is 19.1. The maximum Gasteiger partial charge on any atom is 0.319 e. The summed E-state index contributed by atoms with van der Waals surface area (Å²) in [6, 6.07) is 5.52. The van der Waals surface area contributed by atoms with Gasteiger partial charge in [0.15, 0.2) is 5.82 Å². The number of fused-ring (bicyclic) bond motifs is 8. The molecular formula is C41H38F3N7O3. The largest absolute Gasteiger partial charge is 0.508 e. The van der Waals surface area contributed by atoms with Gasteiger partial charge in [-0.3, -0.25) is 14.4 Å². The average Bonchev–Trinajstić information content (AvgIpc) is 3.81. The van der Waals surface area contributed by atoms with Gasteiger partial charge in [-0.25, -0.2) is 13.2 Å². The normalized spacial score (nSPS) is 29.6. The standard InChI is InChI=1S/C41H38F3N7O3/c1-3-27-30(43)8-5-21-11-26(52)12-28(31(21)27)32-34(44)36-33(29-19-48(2)47-35(29)32)37(46-39(45-36)54-20-40-9-4-10-50(40)16-23(42)15-40)49-17-24-6-7-25(18-49)51(24)38(53)41-13-22(41)14-41/h1,5,8,11-12,19,22-25,52H,4,6-7,9-10,13-18,20H2,2H3/t22?,23-,24?,25?,40+,41?/m1/s1. The maximum absolute atomic E-state index is 17.7. The lowest BCUT2D eigenvalue weighted by Crippen LogP contribution is -2.57. The summed E-state index contributed by atoms with van der Waals surface area (Å²) in [6.07, 6.45) is 12.5. The number of terminal acetylenes is 1. The molecule has 4 saturated heterocycles. The van der Waals surface area contributed by atoms with Gasteiger partial charge < -0.3 is 19.6 Å². The topological polar surface area (TPSA) is 99.9 Å². The fourth-order valence-electron chi connectivity index (χ4n) is 10.6. The lowest BCUT2D eigenvalue weighted by molar-refractivity contribution is -0.138. The second kappa shape index (κ2) is 11.0. The van der Waals surface area contributed by atoms with Crippen molar-refractivity contribution in [1.29, 1.82) is 0 Å². The second-order valence-electron chi connectivity index (χ2n) is 16.6. The monoisotopic (exact) mass is 733 g/mol. The Bertz CT molecular complexity index is 2510. The van der Waals surface area contributed by atoms with Crippen molar-refractivity contribution in [3.8, 4) is 35.2 Å². The molecule has 11 rings (SSSR count). The Kier molecular flexibility index (Phi) is 6.59. The average molecular weight is 734 g/mol. The molecule has 4 aliphatic heterocycles. The third-order valence-corrected chi connectivity index (χ3v) is 13.5. The molecule has 1 N–H and O–H groups in total. The molecule has 2 aliphatic carbocycles. The number of ether oxygens (including phenoxy) is 1. The van der Waals surface area contributed by atoms with E-state index in [0.29, 0.717) is 53.9 Å². The van der Waals surface area contributed by atoms with Gasteiger partial charge >= 0.3 is 6.01 Å². The van der Waals surface area contributed by atoms with Crippen molar-refractivity contribution >= 4 is 44.3 Å². The Hall–Kier alpha value is -5.09. The van der Waals surface area contributed by atoms with Crippen LogP contribution in [0.2, 0.25) is 0 Å². The first-order valence-corrected chi connectivity index (χ1v) is 19.0. The summed E-state index contributed by atoms with van der Waals surface area (Å²) in [4.78, 5) is 29.9. The van der Waals surface area contributed by atoms with Crippen molar-refractivity contribution in [3.63, 3.8) is 0 Å². The highest BCUT2D eigenvalue weighted by Crippen LogP contribution is 2.76. The minimum atomic E-state index is -0.953. The Morgan fingerprint density at radius 3 is 2.59 bits per heavy atom. The number of alkyl halides is 1. The number of phenols is 1. The van der Waals surface area contributed by atoms with Crippen LogP contribution in [0.15, 0.2) is 30.5 Å². The number of carbonyl (C=O) groups excluding carboxylic acids is 1. The van der Waals surface area contributed by atoms with E-state index in [4.69, 9.17) is 26.2 Å². The molecular weight excluding hydrogens is 695 g/mol. The van der Waals surface area contributed by atoms with Crippen molar-refractivity contribution in [2.75, 3.05) is 37.7 Å². The van der Waals surface area contributed by atoms with Gasteiger partial charge in [-0.1, -0.05) is 12.0 Å². The van der Waals surface area contributed by atoms with E-state index >= 15 is 8.78 Å². The molecule has 4 atom stereocenters. The molecule has 2 saturated carbocycles. The molecule has 54 heavy (non-hydrogen) atoms. The zero-order valence-electron chi connectivity index (χ0n) is 29.8. The molecule has 2 bridgehead atoms. The summed E-state index contributed by atoms with van der Waals surface area (Å²) in [5.41, 5.74) is -0.257. The molecule has 2 unspecified atom stereocenters. The summed E-state index contributed by atoms with van der Waals surface area (Å²) in [6.45, 7) is 2.33. The van der Waals surface area contributed by atoms with Gasteiger partial charge in [-0.2, -0.15) is 15.1 Å². The van der Waals surface area contributed by atoms with Crippen LogP contribution in [0.4, 0.5) is 19.0 Å². The number of carbonyl (C=O) groups is 1. The first-order chi connectivity index (χ1) is 26.1. The van der Waals surface area contributed by atoms with Gasteiger partial charge in [0.25, 0.3) is 0 Å². The van der Waals surface area contributed by atoms with E-state index in [1.165, 1.54) is 24.3 Å². The number of amides is 1. The first kappa shape index (κ1) is 32.3. The first-order valence-electron chi connectivity index (χ1n) is 19.0. The number of rotatable bonds is 6. The minimum Gasteiger partial charge on any atom is -0.508 e. The van der Waals surface area contributed by atoms with Gasteiger partial charge in [0.2, 0.25) is 5.91 Å². The van der Waals surface area contributed by atoms with Crippen LogP contribution < -0.4 is 9.64 Å². The van der Waals surface area contributed by atoms with Crippen molar-refractivity contribution < 1.29 is 27.8 Å². The lowest BCUT2D eigenvalue weighted by atomic mass is 9.91. The van der Waals surface area contributed by atoms with E-state index in [0.717, 1.165) is 45.1 Å². The van der Waals surface area contributed by atoms with Crippen LogP contribution in [0, 0.1) is 35.3 Å². The fraction of sp³-hybridized carbons (Fsp3) is 0.463. The molecule has 3 aromatic carbocycles. The van der Waals surface area contributed by atoms with Crippen LogP contribution in [-0.4, -0.2) is 97.1 Å². The minimum absolute atomic E-state index is 0.00276. The number of hydrogen-bond donors (Lipinski definition) is 1. The SMILES string of the molecule is C#Cc1c(F)ccc2cc(O)cc(-c3c(F)c4nc(OC[C@@]56CCCN5C[C@H](F)C6)nc(N5CC6CCC(C5)N6C(=O)C56CC5C6)c4c4cn(C)nc34)c12. The molecule has 2 aromatic heterocycles.